The quantitative estimate of drug-likeness (QED) is 0.822. The molecule has 1 saturated carbocycles. The minimum atomic E-state index is 0.00989. The van der Waals surface area contributed by atoms with Crippen LogP contribution in [0.5, 0.6) is 0 Å². The summed E-state index contributed by atoms with van der Waals surface area (Å²) in [5.41, 5.74) is 0. The predicted molar refractivity (Wildman–Crippen MR) is 104 cm³/mol. The second-order valence-electron chi connectivity index (χ2n) is 7.35. The third-order valence-electron chi connectivity index (χ3n) is 5.40. The standard InChI is InChI=1S/C19H27N5O2S/c25-19(20-8-7-17-21-18(26-22-17)15-4-1-5-15)24-10-3-9-23(11-12-24)14-16-6-2-13-27-16/h2,6,13,15H,1,3-5,7-12,14H2,(H,20,25). The fourth-order valence-electron chi connectivity index (χ4n) is 3.54. The van der Waals surface area contributed by atoms with Crippen LogP contribution in [-0.4, -0.2) is 58.7 Å². The van der Waals surface area contributed by atoms with Crippen LogP contribution in [-0.2, 0) is 13.0 Å². The van der Waals surface area contributed by atoms with Gasteiger partial charge >= 0.3 is 6.03 Å². The SMILES string of the molecule is O=C(NCCc1noc(C2CCC2)n1)N1CCCN(Cc2cccs2)CC1. The molecule has 1 N–H and O–H groups in total. The first-order valence-electron chi connectivity index (χ1n) is 9.88. The molecule has 4 rings (SSSR count). The van der Waals surface area contributed by atoms with Crippen LogP contribution in [0, 0.1) is 0 Å². The molecule has 2 aromatic heterocycles. The third kappa shape index (κ3) is 4.87. The maximum atomic E-state index is 12.5. The van der Waals surface area contributed by atoms with Crippen LogP contribution in [0.2, 0.25) is 0 Å². The number of urea groups is 1. The zero-order chi connectivity index (χ0) is 18.5. The van der Waals surface area contributed by atoms with E-state index in [0.29, 0.717) is 24.7 Å². The molecule has 0 unspecified atom stereocenters. The second-order valence-corrected chi connectivity index (χ2v) is 8.39. The number of amides is 2. The number of carbonyl (C=O) groups is 1. The Morgan fingerprint density at radius 3 is 2.96 bits per heavy atom. The van der Waals surface area contributed by atoms with Crippen molar-refractivity contribution in [2.24, 2.45) is 0 Å². The molecule has 1 aliphatic heterocycles. The fraction of sp³-hybridized carbons (Fsp3) is 0.632. The van der Waals surface area contributed by atoms with Crippen molar-refractivity contribution in [2.45, 2.75) is 44.6 Å². The van der Waals surface area contributed by atoms with Gasteiger partial charge in [-0.05, 0) is 30.7 Å². The molecule has 27 heavy (non-hydrogen) atoms. The van der Waals surface area contributed by atoms with Gasteiger partial charge in [-0.25, -0.2) is 4.79 Å². The summed E-state index contributed by atoms with van der Waals surface area (Å²) in [6, 6.07) is 4.28. The molecule has 2 fully saturated rings. The van der Waals surface area contributed by atoms with E-state index in [4.69, 9.17) is 4.52 Å². The highest BCUT2D eigenvalue weighted by atomic mass is 32.1. The highest BCUT2D eigenvalue weighted by molar-refractivity contribution is 7.09. The maximum Gasteiger partial charge on any atom is 0.317 e. The first-order valence-corrected chi connectivity index (χ1v) is 10.8. The Bertz CT molecular complexity index is 728. The van der Waals surface area contributed by atoms with Crippen molar-refractivity contribution >= 4 is 17.4 Å². The summed E-state index contributed by atoms with van der Waals surface area (Å²) in [7, 11) is 0. The Balaban J connectivity index is 1.18. The first-order chi connectivity index (χ1) is 13.3. The van der Waals surface area contributed by atoms with Crippen molar-refractivity contribution in [2.75, 3.05) is 32.7 Å². The average Bonchev–Trinajstić information content (AvgIpc) is 3.22. The lowest BCUT2D eigenvalue weighted by molar-refractivity contribution is 0.198. The molecule has 7 nitrogen and oxygen atoms in total. The molecule has 2 aliphatic rings. The highest BCUT2D eigenvalue weighted by Crippen LogP contribution is 2.35. The van der Waals surface area contributed by atoms with Crippen LogP contribution < -0.4 is 5.32 Å². The van der Waals surface area contributed by atoms with Gasteiger partial charge in [-0.1, -0.05) is 17.6 Å². The molecule has 1 aliphatic carbocycles. The molecule has 3 heterocycles. The topological polar surface area (TPSA) is 74.5 Å². The van der Waals surface area contributed by atoms with Crippen molar-refractivity contribution in [3.63, 3.8) is 0 Å². The summed E-state index contributed by atoms with van der Waals surface area (Å²) >= 11 is 1.79. The Kier molecular flexibility index (Phi) is 6.03. The summed E-state index contributed by atoms with van der Waals surface area (Å²) in [6.45, 7) is 5.05. The van der Waals surface area contributed by atoms with Crippen LogP contribution in [0.3, 0.4) is 0 Å². The molecule has 2 aromatic rings. The van der Waals surface area contributed by atoms with Gasteiger partial charge in [-0.2, -0.15) is 4.98 Å². The zero-order valence-electron chi connectivity index (χ0n) is 15.6. The van der Waals surface area contributed by atoms with Crippen molar-refractivity contribution in [1.82, 2.24) is 25.3 Å². The Morgan fingerprint density at radius 2 is 2.19 bits per heavy atom. The maximum absolute atomic E-state index is 12.5. The number of nitrogens with zero attached hydrogens (tertiary/aromatic N) is 4. The molecule has 0 atom stereocenters. The molecular formula is C19H27N5O2S. The lowest BCUT2D eigenvalue weighted by Crippen LogP contribution is -2.42. The highest BCUT2D eigenvalue weighted by Gasteiger charge is 2.25. The summed E-state index contributed by atoms with van der Waals surface area (Å²) in [5.74, 6) is 1.91. The van der Waals surface area contributed by atoms with Crippen molar-refractivity contribution in [1.29, 1.82) is 0 Å². The van der Waals surface area contributed by atoms with Crippen LogP contribution in [0.1, 0.15) is 48.2 Å². The lowest BCUT2D eigenvalue weighted by atomic mass is 9.85. The Morgan fingerprint density at radius 1 is 1.26 bits per heavy atom. The second kappa shape index (κ2) is 8.84. The van der Waals surface area contributed by atoms with Gasteiger partial charge in [-0.3, -0.25) is 4.90 Å². The van der Waals surface area contributed by atoms with Crippen molar-refractivity contribution in [3.8, 4) is 0 Å². The van der Waals surface area contributed by atoms with Gasteiger partial charge in [0.15, 0.2) is 5.82 Å². The molecule has 146 valence electrons. The van der Waals surface area contributed by atoms with Gasteiger partial charge in [0, 0.05) is 56.5 Å². The number of rotatable bonds is 6. The third-order valence-corrected chi connectivity index (χ3v) is 6.26. The van der Waals surface area contributed by atoms with E-state index < -0.39 is 0 Å². The molecule has 2 amide bonds. The van der Waals surface area contributed by atoms with Gasteiger partial charge in [0.05, 0.1) is 0 Å². The number of carbonyl (C=O) groups excluding carboxylic acids is 1. The molecule has 0 spiro atoms. The van der Waals surface area contributed by atoms with Crippen molar-refractivity contribution < 1.29 is 9.32 Å². The minimum Gasteiger partial charge on any atom is -0.339 e. The summed E-state index contributed by atoms with van der Waals surface area (Å²) < 4.78 is 5.32. The van der Waals surface area contributed by atoms with E-state index in [1.165, 1.54) is 11.3 Å². The van der Waals surface area contributed by atoms with E-state index >= 15 is 0 Å². The van der Waals surface area contributed by atoms with Gasteiger partial charge in [0.1, 0.15) is 0 Å². The van der Waals surface area contributed by atoms with E-state index in [0.717, 1.165) is 57.9 Å². The predicted octanol–water partition coefficient (Wildman–Crippen LogP) is 2.86. The zero-order valence-corrected chi connectivity index (χ0v) is 16.4. The van der Waals surface area contributed by atoms with E-state index in [1.807, 2.05) is 4.90 Å². The molecular weight excluding hydrogens is 362 g/mol. The average molecular weight is 390 g/mol. The Labute approximate surface area is 163 Å². The summed E-state index contributed by atoms with van der Waals surface area (Å²) in [5, 5.41) is 9.15. The van der Waals surface area contributed by atoms with Crippen LogP contribution in [0.15, 0.2) is 22.0 Å². The van der Waals surface area contributed by atoms with E-state index in [2.05, 4.69) is 37.9 Å². The largest absolute Gasteiger partial charge is 0.339 e. The normalized spacial score (nSPS) is 18.9. The van der Waals surface area contributed by atoms with E-state index in [1.54, 1.807) is 11.3 Å². The monoisotopic (exact) mass is 389 g/mol. The van der Waals surface area contributed by atoms with Crippen LogP contribution in [0.4, 0.5) is 4.79 Å². The lowest BCUT2D eigenvalue weighted by Gasteiger charge is -2.22. The molecule has 8 heteroatoms. The number of nitrogens with one attached hydrogen (secondary N) is 1. The molecule has 0 aromatic carbocycles. The smallest absolute Gasteiger partial charge is 0.317 e. The molecule has 0 radical (unpaired) electrons. The summed E-state index contributed by atoms with van der Waals surface area (Å²) in [4.78, 5) is 22.7. The fourth-order valence-corrected chi connectivity index (χ4v) is 4.28. The van der Waals surface area contributed by atoms with Crippen molar-refractivity contribution in [3.05, 3.63) is 34.1 Å². The van der Waals surface area contributed by atoms with Crippen LogP contribution >= 0.6 is 11.3 Å². The van der Waals surface area contributed by atoms with E-state index in [9.17, 15) is 4.79 Å². The van der Waals surface area contributed by atoms with Gasteiger partial charge in [0.2, 0.25) is 5.89 Å². The number of hydrogen-bond donors (Lipinski definition) is 1. The number of hydrogen-bond acceptors (Lipinski definition) is 6. The van der Waals surface area contributed by atoms with Crippen LogP contribution in [0.25, 0.3) is 0 Å². The van der Waals surface area contributed by atoms with Gasteiger partial charge < -0.3 is 14.7 Å². The number of aromatic nitrogens is 2. The first kappa shape index (κ1) is 18.4. The van der Waals surface area contributed by atoms with Gasteiger partial charge in [0.25, 0.3) is 0 Å². The van der Waals surface area contributed by atoms with Gasteiger partial charge in [-0.15, -0.1) is 11.3 Å². The van der Waals surface area contributed by atoms with E-state index in [-0.39, 0.29) is 6.03 Å². The summed E-state index contributed by atoms with van der Waals surface area (Å²) in [6.07, 6.45) is 5.17. The molecule has 1 saturated heterocycles. The number of thiophene rings is 1. The minimum absolute atomic E-state index is 0.00989. The molecule has 0 bridgehead atoms. The Hall–Kier alpha value is -1.93.